The van der Waals surface area contributed by atoms with Crippen molar-refractivity contribution in [1.29, 1.82) is 0 Å². The molecule has 1 aromatic carbocycles. The van der Waals surface area contributed by atoms with Gasteiger partial charge < -0.3 is 0 Å². The van der Waals surface area contributed by atoms with Gasteiger partial charge in [0.1, 0.15) is 10.7 Å². The van der Waals surface area contributed by atoms with Crippen molar-refractivity contribution in [3.05, 3.63) is 56.4 Å². The normalized spacial score (nSPS) is 10.8. The van der Waals surface area contributed by atoms with Gasteiger partial charge in [0.2, 0.25) is 0 Å². The quantitative estimate of drug-likeness (QED) is 0.542. The molecular formula is C15H10Br2N2S. The van der Waals surface area contributed by atoms with Crippen LogP contribution in [0.25, 0.3) is 22.0 Å². The van der Waals surface area contributed by atoms with Gasteiger partial charge in [-0.15, -0.1) is 11.3 Å². The number of nitrogens with zero attached hydrogens (tertiary/aromatic N) is 2. The second-order valence-corrected chi connectivity index (χ2v) is 7.24. The largest absolute Gasteiger partial charge is 0.253 e. The summed E-state index contributed by atoms with van der Waals surface area (Å²) in [6.45, 7) is 2.09. The first kappa shape index (κ1) is 13.9. The fourth-order valence-electron chi connectivity index (χ4n) is 1.92. The molecule has 2 heterocycles. The Morgan fingerprint density at radius 2 is 1.75 bits per heavy atom. The average Bonchev–Trinajstić information content (AvgIpc) is 2.82. The molecule has 2 nitrogen and oxygen atoms in total. The Labute approximate surface area is 138 Å². The number of thiazole rings is 1. The zero-order valence-corrected chi connectivity index (χ0v) is 14.6. The molecule has 20 heavy (non-hydrogen) atoms. The van der Waals surface area contributed by atoms with Gasteiger partial charge >= 0.3 is 0 Å². The Hall–Kier alpha value is -1.04. The van der Waals surface area contributed by atoms with Gasteiger partial charge in [0, 0.05) is 25.6 Å². The fourth-order valence-corrected chi connectivity index (χ4v) is 3.70. The van der Waals surface area contributed by atoms with E-state index in [0.29, 0.717) is 0 Å². The van der Waals surface area contributed by atoms with Crippen molar-refractivity contribution in [3.63, 3.8) is 0 Å². The summed E-state index contributed by atoms with van der Waals surface area (Å²) >= 11 is 8.65. The van der Waals surface area contributed by atoms with E-state index in [0.717, 1.165) is 30.9 Å². The third-order valence-electron chi connectivity index (χ3n) is 2.88. The van der Waals surface area contributed by atoms with Gasteiger partial charge in [-0.1, -0.05) is 28.1 Å². The summed E-state index contributed by atoms with van der Waals surface area (Å²) in [6, 6.07) is 12.1. The van der Waals surface area contributed by atoms with Gasteiger partial charge in [-0.3, -0.25) is 4.98 Å². The van der Waals surface area contributed by atoms with Crippen molar-refractivity contribution >= 4 is 43.2 Å². The van der Waals surface area contributed by atoms with Crippen molar-refractivity contribution in [2.24, 2.45) is 0 Å². The zero-order valence-electron chi connectivity index (χ0n) is 10.6. The predicted molar refractivity (Wildman–Crippen MR) is 90.9 cm³/mol. The maximum Gasteiger partial charge on any atom is 0.143 e. The molecule has 3 rings (SSSR count). The van der Waals surface area contributed by atoms with Gasteiger partial charge in [0.25, 0.3) is 0 Å². The predicted octanol–water partition coefficient (Wildman–Crippen LogP) is 5.71. The molecule has 0 unspecified atom stereocenters. The molecule has 2 aromatic heterocycles. The highest BCUT2D eigenvalue weighted by Crippen LogP contribution is 2.35. The monoisotopic (exact) mass is 408 g/mol. The van der Waals surface area contributed by atoms with Gasteiger partial charge in [-0.25, -0.2) is 4.98 Å². The van der Waals surface area contributed by atoms with Crippen LogP contribution >= 0.6 is 43.2 Å². The number of benzene rings is 1. The van der Waals surface area contributed by atoms with Gasteiger partial charge in [0.15, 0.2) is 0 Å². The Morgan fingerprint density at radius 1 is 1.00 bits per heavy atom. The van der Waals surface area contributed by atoms with E-state index < -0.39 is 0 Å². The summed E-state index contributed by atoms with van der Waals surface area (Å²) in [5.41, 5.74) is 3.04. The molecule has 0 atom stereocenters. The van der Waals surface area contributed by atoms with Crippen LogP contribution in [0.4, 0.5) is 0 Å². The minimum Gasteiger partial charge on any atom is -0.253 e. The van der Waals surface area contributed by atoms with E-state index in [-0.39, 0.29) is 0 Å². The number of hydrogen-bond acceptors (Lipinski definition) is 3. The molecule has 0 bridgehead atoms. The van der Waals surface area contributed by atoms with Crippen LogP contribution in [0.5, 0.6) is 0 Å². The number of aromatic nitrogens is 2. The first-order chi connectivity index (χ1) is 9.65. The summed E-state index contributed by atoms with van der Waals surface area (Å²) in [7, 11) is 0. The van der Waals surface area contributed by atoms with Gasteiger partial charge in [0.05, 0.1) is 5.69 Å². The lowest BCUT2D eigenvalue weighted by molar-refractivity contribution is 1.27. The molecule has 0 radical (unpaired) electrons. The van der Waals surface area contributed by atoms with E-state index >= 15 is 0 Å². The van der Waals surface area contributed by atoms with Crippen molar-refractivity contribution < 1.29 is 0 Å². The van der Waals surface area contributed by atoms with Crippen molar-refractivity contribution in [3.8, 4) is 22.0 Å². The summed E-state index contributed by atoms with van der Waals surface area (Å²) < 4.78 is 2.04. The van der Waals surface area contributed by atoms with Gasteiger partial charge in [-0.05, 0) is 47.1 Å². The first-order valence-electron chi connectivity index (χ1n) is 5.99. The number of hydrogen-bond donors (Lipinski definition) is 0. The number of pyridine rings is 1. The van der Waals surface area contributed by atoms with Crippen LogP contribution in [0.1, 0.15) is 4.88 Å². The fraction of sp³-hybridized carbons (Fsp3) is 0.0667. The minimum atomic E-state index is 0.893. The maximum absolute atomic E-state index is 4.75. The molecule has 100 valence electrons. The maximum atomic E-state index is 4.75. The second kappa shape index (κ2) is 5.76. The van der Waals surface area contributed by atoms with Crippen LogP contribution in [0, 0.1) is 6.92 Å². The Bertz CT molecular complexity index is 751. The smallest absolute Gasteiger partial charge is 0.143 e. The summed E-state index contributed by atoms with van der Waals surface area (Å²) in [5.74, 6) is 0. The van der Waals surface area contributed by atoms with E-state index in [1.807, 2.05) is 24.3 Å². The Kier molecular flexibility index (Phi) is 4.01. The molecule has 3 aromatic rings. The summed E-state index contributed by atoms with van der Waals surface area (Å²) in [4.78, 5) is 10.4. The van der Waals surface area contributed by atoms with E-state index in [9.17, 15) is 0 Å². The highest BCUT2D eigenvalue weighted by atomic mass is 79.9. The van der Waals surface area contributed by atoms with Crippen molar-refractivity contribution in [2.75, 3.05) is 0 Å². The van der Waals surface area contributed by atoms with Crippen molar-refractivity contribution in [2.45, 2.75) is 6.92 Å². The molecule has 0 fully saturated rings. The third kappa shape index (κ3) is 2.71. The zero-order chi connectivity index (χ0) is 14.1. The molecule has 0 aliphatic rings. The van der Waals surface area contributed by atoms with Crippen LogP contribution < -0.4 is 0 Å². The molecule has 0 saturated carbocycles. The van der Waals surface area contributed by atoms with Crippen LogP contribution in [-0.4, -0.2) is 9.97 Å². The molecule has 0 spiro atoms. The lowest BCUT2D eigenvalue weighted by Gasteiger charge is -1.99. The van der Waals surface area contributed by atoms with E-state index in [4.69, 9.17) is 4.98 Å². The summed E-state index contributed by atoms with van der Waals surface area (Å²) in [6.07, 6.45) is 1.79. The number of halogens is 2. The molecule has 0 aliphatic carbocycles. The van der Waals surface area contributed by atoms with E-state index in [1.165, 1.54) is 4.88 Å². The van der Waals surface area contributed by atoms with Crippen LogP contribution in [0.3, 0.4) is 0 Å². The highest BCUT2D eigenvalue weighted by Gasteiger charge is 2.14. The average molecular weight is 410 g/mol. The minimum absolute atomic E-state index is 0.893. The molecular weight excluding hydrogens is 400 g/mol. The molecule has 0 aliphatic heterocycles. The number of aryl methyl sites for hydroxylation is 1. The van der Waals surface area contributed by atoms with Crippen LogP contribution in [0.15, 0.2) is 51.5 Å². The van der Waals surface area contributed by atoms with Crippen LogP contribution in [-0.2, 0) is 0 Å². The van der Waals surface area contributed by atoms with Crippen molar-refractivity contribution in [1.82, 2.24) is 9.97 Å². The highest BCUT2D eigenvalue weighted by molar-refractivity contribution is 9.10. The second-order valence-electron chi connectivity index (χ2n) is 4.26. The molecule has 5 heteroatoms. The van der Waals surface area contributed by atoms with Gasteiger partial charge in [-0.2, -0.15) is 0 Å². The molecule has 0 amide bonds. The number of rotatable bonds is 2. The standard InChI is InChI=1S/C15H10Br2N2S/c1-9-13(10-4-6-11(16)7-5-10)19-15(20-9)14-12(17)3-2-8-18-14/h2-8H,1H3. The Morgan fingerprint density at radius 3 is 2.45 bits per heavy atom. The lowest BCUT2D eigenvalue weighted by Crippen LogP contribution is -1.84. The lowest BCUT2D eigenvalue weighted by atomic mass is 10.1. The van der Waals surface area contributed by atoms with E-state index in [2.05, 4.69) is 55.9 Å². The van der Waals surface area contributed by atoms with Crippen LogP contribution in [0.2, 0.25) is 0 Å². The SMILES string of the molecule is Cc1sc(-c2ncccc2Br)nc1-c1ccc(Br)cc1. The first-order valence-corrected chi connectivity index (χ1v) is 8.39. The summed E-state index contributed by atoms with van der Waals surface area (Å²) in [5, 5.41) is 0.938. The Balaban J connectivity index is 2.08. The van der Waals surface area contributed by atoms with E-state index in [1.54, 1.807) is 17.5 Å². The topological polar surface area (TPSA) is 25.8 Å². The molecule has 0 saturated heterocycles. The molecule has 0 N–H and O–H groups in total. The third-order valence-corrected chi connectivity index (χ3v) is 5.02.